The molecule has 0 aliphatic rings. The van der Waals surface area contributed by atoms with Crippen molar-refractivity contribution in [2.24, 2.45) is 0 Å². The molecule has 1 atom stereocenters. The normalized spacial score (nSPS) is 13.1. The number of thioether (sulfide) groups is 1. The highest BCUT2D eigenvalue weighted by Gasteiger charge is 2.08. The molecule has 0 aliphatic carbocycles. The largest absolute Gasteiger partial charge is 0.316 e. The van der Waals surface area contributed by atoms with Gasteiger partial charge in [0, 0.05) is 18.2 Å². The van der Waals surface area contributed by atoms with Gasteiger partial charge in [-0.3, -0.25) is 0 Å². The molecule has 0 fully saturated rings. The molecule has 3 nitrogen and oxygen atoms in total. The minimum absolute atomic E-state index is 0.563. The van der Waals surface area contributed by atoms with Gasteiger partial charge in [-0.1, -0.05) is 32.5 Å². The fourth-order valence-electron chi connectivity index (χ4n) is 0.991. The summed E-state index contributed by atoms with van der Waals surface area (Å²) in [4.78, 5) is 4.42. The quantitative estimate of drug-likeness (QED) is 0.762. The van der Waals surface area contributed by atoms with Crippen LogP contribution in [0.2, 0.25) is 0 Å². The van der Waals surface area contributed by atoms with Crippen molar-refractivity contribution in [3.8, 4) is 0 Å². The molecule has 0 saturated carbocycles. The minimum atomic E-state index is 0.563. The zero-order valence-corrected chi connectivity index (χ0v) is 10.5. The fourth-order valence-corrected chi connectivity index (χ4v) is 2.97. The lowest BCUT2D eigenvalue weighted by atomic mass is 10.5. The summed E-state index contributed by atoms with van der Waals surface area (Å²) in [5.41, 5.74) is 0. The van der Waals surface area contributed by atoms with Crippen molar-refractivity contribution in [2.75, 3.05) is 13.1 Å². The topological polar surface area (TPSA) is 37.8 Å². The second kappa shape index (κ2) is 6.37. The van der Waals surface area contributed by atoms with E-state index < -0.39 is 0 Å². The number of aromatic nitrogens is 2. The van der Waals surface area contributed by atoms with Crippen LogP contribution in [0.5, 0.6) is 0 Å². The van der Waals surface area contributed by atoms with E-state index in [0.717, 1.165) is 29.7 Å². The van der Waals surface area contributed by atoms with Crippen molar-refractivity contribution in [3.05, 3.63) is 5.82 Å². The molecule has 0 radical (unpaired) electrons. The molecule has 80 valence electrons. The van der Waals surface area contributed by atoms with E-state index in [0.29, 0.717) is 5.25 Å². The van der Waals surface area contributed by atoms with Crippen molar-refractivity contribution in [3.63, 3.8) is 0 Å². The van der Waals surface area contributed by atoms with Crippen LogP contribution in [0.4, 0.5) is 0 Å². The number of aryl methyl sites for hydroxylation is 1. The predicted molar refractivity (Wildman–Crippen MR) is 63.1 cm³/mol. The second-order valence-electron chi connectivity index (χ2n) is 3.07. The van der Waals surface area contributed by atoms with Gasteiger partial charge >= 0.3 is 0 Å². The molecule has 0 aromatic carbocycles. The Balaban J connectivity index is 2.35. The van der Waals surface area contributed by atoms with Crippen LogP contribution in [0.25, 0.3) is 0 Å². The molecule has 0 aliphatic heterocycles. The third-order valence-corrected chi connectivity index (χ3v) is 3.67. The number of hydrogen-bond donors (Lipinski definition) is 1. The Morgan fingerprint density at radius 2 is 2.29 bits per heavy atom. The maximum Gasteiger partial charge on any atom is 0.170 e. The van der Waals surface area contributed by atoms with E-state index >= 15 is 0 Å². The second-order valence-corrected chi connectivity index (χ2v) is 5.50. The first-order chi connectivity index (χ1) is 6.76. The molecule has 0 bridgehead atoms. The van der Waals surface area contributed by atoms with Gasteiger partial charge < -0.3 is 5.32 Å². The molecule has 0 spiro atoms. The molecule has 14 heavy (non-hydrogen) atoms. The van der Waals surface area contributed by atoms with Gasteiger partial charge in [0.25, 0.3) is 0 Å². The van der Waals surface area contributed by atoms with Crippen LogP contribution < -0.4 is 5.32 Å². The highest BCUT2D eigenvalue weighted by atomic mass is 32.2. The average molecular weight is 231 g/mol. The van der Waals surface area contributed by atoms with Crippen molar-refractivity contribution in [1.29, 1.82) is 0 Å². The summed E-state index contributed by atoms with van der Waals surface area (Å²) < 4.78 is 5.35. The van der Waals surface area contributed by atoms with Crippen molar-refractivity contribution < 1.29 is 0 Å². The van der Waals surface area contributed by atoms with Gasteiger partial charge in [0.2, 0.25) is 0 Å². The molecule has 1 heterocycles. The van der Waals surface area contributed by atoms with Crippen LogP contribution in [0.3, 0.4) is 0 Å². The van der Waals surface area contributed by atoms with E-state index in [4.69, 9.17) is 0 Å². The van der Waals surface area contributed by atoms with Crippen LogP contribution in [0, 0.1) is 0 Å². The number of nitrogens with zero attached hydrogens (tertiary/aromatic N) is 2. The molecule has 1 unspecified atom stereocenters. The molecular weight excluding hydrogens is 214 g/mol. The SMILES string of the molecule is CCNCC(C)Sc1nc(CC)ns1. The Kier molecular flexibility index (Phi) is 5.44. The van der Waals surface area contributed by atoms with E-state index in [9.17, 15) is 0 Å². The predicted octanol–water partition coefficient (Wildman–Crippen LogP) is 2.19. The molecule has 1 aromatic rings. The van der Waals surface area contributed by atoms with Gasteiger partial charge in [0.15, 0.2) is 4.34 Å². The molecule has 5 heteroatoms. The lowest BCUT2D eigenvalue weighted by molar-refractivity contribution is 0.712. The molecule has 1 aromatic heterocycles. The zero-order chi connectivity index (χ0) is 10.4. The van der Waals surface area contributed by atoms with Crippen LogP contribution in [-0.4, -0.2) is 27.7 Å². The zero-order valence-electron chi connectivity index (χ0n) is 8.91. The Bertz CT molecular complexity index is 262. The highest BCUT2D eigenvalue weighted by molar-refractivity contribution is 8.01. The van der Waals surface area contributed by atoms with E-state index in [-0.39, 0.29) is 0 Å². The van der Waals surface area contributed by atoms with Crippen LogP contribution >= 0.6 is 23.3 Å². The Morgan fingerprint density at radius 1 is 1.50 bits per heavy atom. The lowest BCUT2D eigenvalue weighted by Gasteiger charge is -2.08. The van der Waals surface area contributed by atoms with Crippen LogP contribution in [-0.2, 0) is 6.42 Å². The minimum Gasteiger partial charge on any atom is -0.316 e. The highest BCUT2D eigenvalue weighted by Crippen LogP contribution is 2.24. The molecule has 1 rings (SSSR count). The molecule has 1 N–H and O–H groups in total. The maximum absolute atomic E-state index is 4.42. The number of nitrogens with one attached hydrogen (secondary N) is 1. The van der Waals surface area contributed by atoms with Crippen molar-refractivity contribution in [1.82, 2.24) is 14.7 Å². The van der Waals surface area contributed by atoms with Gasteiger partial charge in [-0.2, -0.15) is 4.37 Å². The first kappa shape index (κ1) is 11.9. The summed E-state index contributed by atoms with van der Waals surface area (Å²) in [5.74, 6) is 0.966. The maximum atomic E-state index is 4.42. The summed E-state index contributed by atoms with van der Waals surface area (Å²) in [6, 6.07) is 0. The first-order valence-corrected chi connectivity index (χ1v) is 6.61. The monoisotopic (exact) mass is 231 g/mol. The van der Waals surface area contributed by atoms with Crippen LogP contribution in [0.15, 0.2) is 4.34 Å². The van der Waals surface area contributed by atoms with Gasteiger partial charge in [-0.25, -0.2) is 4.98 Å². The standard InChI is InChI=1S/C9H17N3S2/c1-4-8-11-9(14-12-8)13-7(3)6-10-5-2/h7,10H,4-6H2,1-3H3. The van der Waals surface area contributed by atoms with Gasteiger partial charge in [-0.05, 0) is 18.1 Å². The van der Waals surface area contributed by atoms with Gasteiger partial charge in [0.05, 0.1) is 0 Å². The summed E-state index contributed by atoms with van der Waals surface area (Å²) in [6.07, 6.45) is 0.929. The number of rotatable bonds is 6. The van der Waals surface area contributed by atoms with E-state index in [1.165, 1.54) is 11.5 Å². The molecule has 0 amide bonds. The summed E-state index contributed by atoms with van der Waals surface area (Å²) >= 11 is 3.31. The summed E-state index contributed by atoms with van der Waals surface area (Å²) in [6.45, 7) is 8.47. The molecule has 0 saturated heterocycles. The Morgan fingerprint density at radius 3 is 2.86 bits per heavy atom. The van der Waals surface area contributed by atoms with Gasteiger partial charge in [0.1, 0.15) is 5.82 Å². The number of hydrogen-bond acceptors (Lipinski definition) is 5. The lowest BCUT2D eigenvalue weighted by Crippen LogP contribution is -2.21. The average Bonchev–Trinajstić information content (AvgIpc) is 2.62. The summed E-state index contributed by atoms with van der Waals surface area (Å²) in [7, 11) is 0. The van der Waals surface area contributed by atoms with E-state index in [1.807, 2.05) is 0 Å². The Hall–Kier alpha value is -0.130. The van der Waals surface area contributed by atoms with Gasteiger partial charge in [-0.15, -0.1) is 0 Å². The van der Waals surface area contributed by atoms with Crippen molar-refractivity contribution in [2.45, 2.75) is 36.8 Å². The third kappa shape index (κ3) is 3.94. The van der Waals surface area contributed by atoms with E-state index in [2.05, 4.69) is 35.4 Å². The van der Waals surface area contributed by atoms with E-state index in [1.54, 1.807) is 11.8 Å². The third-order valence-electron chi connectivity index (χ3n) is 1.75. The first-order valence-electron chi connectivity index (χ1n) is 4.96. The Labute approximate surface area is 93.9 Å². The summed E-state index contributed by atoms with van der Waals surface area (Å²) in [5, 5.41) is 3.89. The van der Waals surface area contributed by atoms with Crippen molar-refractivity contribution >= 4 is 23.3 Å². The van der Waals surface area contributed by atoms with Crippen LogP contribution in [0.1, 0.15) is 26.6 Å². The molecular formula is C9H17N3S2. The smallest absolute Gasteiger partial charge is 0.170 e. The fraction of sp³-hybridized carbons (Fsp3) is 0.778.